The van der Waals surface area contributed by atoms with Crippen molar-refractivity contribution in [3.05, 3.63) is 92.9 Å². The smallest absolute Gasteiger partial charge is 0.231 e. The maximum Gasteiger partial charge on any atom is 0.231 e. The molecule has 3 aromatic rings. The van der Waals surface area contributed by atoms with Crippen molar-refractivity contribution in [1.82, 2.24) is 9.88 Å². The minimum absolute atomic E-state index is 0.0952. The van der Waals surface area contributed by atoms with Crippen LogP contribution in [0.15, 0.2) is 65.1 Å². The molecule has 2 aromatic carbocycles. The molecule has 0 amide bonds. The number of Topliss-reactive ketones (excluding diaryl/α,β-unsaturated/α-hetero) is 1. The zero-order valence-electron chi connectivity index (χ0n) is 16.4. The molecule has 0 spiro atoms. The number of fused-ring (bicyclic) bond motifs is 2. The van der Waals surface area contributed by atoms with E-state index in [1.54, 1.807) is 18.5 Å². The van der Waals surface area contributed by atoms with E-state index >= 15 is 0 Å². The molecule has 0 saturated heterocycles. The molecule has 0 bridgehead atoms. The van der Waals surface area contributed by atoms with Gasteiger partial charge in [-0.2, -0.15) is 0 Å². The lowest BCUT2D eigenvalue weighted by Crippen LogP contribution is -2.32. The van der Waals surface area contributed by atoms with Crippen LogP contribution < -0.4 is 9.47 Å². The molecular weight excluding hydrogens is 444 g/mol. The summed E-state index contributed by atoms with van der Waals surface area (Å²) in [5.41, 5.74) is 4.56. The third kappa shape index (κ3) is 3.53. The van der Waals surface area contributed by atoms with Gasteiger partial charge in [0, 0.05) is 41.1 Å². The summed E-state index contributed by atoms with van der Waals surface area (Å²) in [4.78, 5) is 19.3. The molecule has 5 nitrogen and oxygen atoms in total. The number of hydrogen-bond acceptors (Lipinski definition) is 5. The van der Waals surface area contributed by atoms with E-state index in [-0.39, 0.29) is 5.78 Å². The molecule has 0 fully saturated rings. The Labute approximate surface area is 183 Å². The van der Waals surface area contributed by atoms with Crippen molar-refractivity contribution in [1.29, 1.82) is 0 Å². The largest absolute Gasteiger partial charge is 0.477 e. The third-order valence-electron chi connectivity index (χ3n) is 5.30. The van der Waals surface area contributed by atoms with Crippen molar-refractivity contribution in [2.45, 2.75) is 20.0 Å². The average Bonchev–Trinajstić information content (AvgIpc) is 3.05. The molecule has 5 rings (SSSR count). The minimum Gasteiger partial charge on any atom is -0.477 e. The number of nitrogens with zero attached hydrogens (tertiary/aromatic N) is 2. The van der Waals surface area contributed by atoms with Crippen LogP contribution in [0.1, 0.15) is 32.6 Å². The van der Waals surface area contributed by atoms with Crippen LogP contribution in [0.2, 0.25) is 0 Å². The number of benzene rings is 2. The Kier molecular flexibility index (Phi) is 4.89. The summed E-state index contributed by atoms with van der Waals surface area (Å²) >= 11 is 3.46. The van der Waals surface area contributed by atoms with Crippen LogP contribution in [-0.4, -0.2) is 22.4 Å². The second-order valence-electron chi connectivity index (χ2n) is 7.48. The summed E-state index contributed by atoms with van der Waals surface area (Å²) in [7, 11) is 0. The van der Waals surface area contributed by atoms with Gasteiger partial charge >= 0.3 is 0 Å². The van der Waals surface area contributed by atoms with Crippen molar-refractivity contribution in [3.63, 3.8) is 0 Å². The van der Waals surface area contributed by atoms with E-state index < -0.39 is 0 Å². The molecule has 0 radical (unpaired) electrons. The number of carbonyl (C=O) groups excluding carboxylic acids is 1. The summed E-state index contributed by atoms with van der Waals surface area (Å²) in [6.45, 7) is 3.91. The predicted molar refractivity (Wildman–Crippen MR) is 117 cm³/mol. The van der Waals surface area contributed by atoms with E-state index in [4.69, 9.17) is 9.47 Å². The zero-order valence-corrected chi connectivity index (χ0v) is 18.0. The number of aromatic nitrogens is 1. The van der Waals surface area contributed by atoms with Gasteiger partial charge in [-0.25, -0.2) is 0 Å². The highest BCUT2D eigenvalue weighted by molar-refractivity contribution is 9.10. The van der Waals surface area contributed by atoms with Crippen molar-refractivity contribution < 1.29 is 14.3 Å². The van der Waals surface area contributed by atoms with Gasteiger partial charge in [-0.3, -0.25) is 14.7 Å². The van der Waals surface area contributed by atoms with E-state index in [1.807, 2.05) is 49.4 Å². The Hall–Kier alpha value is -2.96. The lowest BCUT2D eigenvalue weighted by molar-refractivity contribution is 0.0876. The first kappa shape index (κ1) is 19.0. The number of allylic oxidation sites excluding steroid dienone is 1. The lowest BCUT2D eigenvalue weighted by Gasteiger charge is -2.30. The van der Waals surface area contributed by atoms with Crippen LogP contribution in [0.4, 0.5) is 0 Å². The van der Waals surface area contributed by atoms with Gasteiger partial charge in [-0.1, -0.05) is 28.1 Å². The molecular formula is C24H19BrN2O3. The highest BCUT2D eigenvalue weighted by Gasteiger charge is 2.33. The molecule has 2 aliphatic rings. The number of rotatable bonds is 3. The maximum atomic E-state index is 13.0. The third-order valence-corrected chi connectivity index (χ3v) is 5.80. The van der Waals surface area contributed by atoms with Gasteiger partial charge in [0.2, 0.25) is 5.78 Å². The molecule has 150 valence electrons. The zero-order chi connectivity index (χ0) is 20.7. The first-order valence-corrected chi connectivity index (χ1v) is 10.5. The Morgan fingerprint density at radius 1 is 1.17 bits per heavy atom. The molecule has 0 aliphatic carbocycles. The number of ketones is 1. The Morgan fingerprint density at radius 3 is 2.80 bits per heavy atom. The normalized spacial score (nSPS) is 16.7. The summed E-state index contributed by atoms with van der Waals surface area (Å²) in [5, 5.41) is 0. The molecule has 6 heteroatoms. The van der Waals surface area contributed by atoms with E-state index in [0.29, 0.717) is 30.3 Å². The number of hydrogen-bond donors (Lipinski definition) is 0. The maximum absolute atomic E-state index is 13.0. The van der Waals surface area contributed by atoms with Gasteiger partial charge in [-0.05, 0) is 54.5 Å². The molecule has 1 aromatic heterocycles. The second kappa shape index (κ2) is 7.70. The van der Waals surface area contributed by atoms with E-state index in [9.17, 15) is 4.79 Å². The molecule has 0 saturated carbocycles. The number of ether oxygens (including phenoxy) is 2. The van der Waals surface area contributed by atoms with Crippen molar-refractivity contribution >= 4 is 27.8 Å². The molecule has 0 unspecified atom stereocenters. The summed E-state index contributed by atoms with van der Waals surface area (Å²) in [5.74, 6) is 1.66. The first-order valence-electron chi connectivity index (χ1n) is 9.69. The topological polar surface area (TPSA) is 51.7 Å². The van der Waals surface area contributed by atoms with Crippen LogP contribution >= 0.6 is 15.9 Å². The van der Waals surface area contributed by atoms with Crippen molar-refractivity contribution in [2.75, 3.05) is 6.73 Å². The fourth-order valence-electron chi connectivity index (χ4n) is 3.89. The van der Waals surface area contributed by atoms with Gasteiger partial charge in [-0.15, -0.1) is 0 Å². The molecule has 2 aliphatic heterocycles. The standard InChI is InChI=1S/C24H19BrN2O3/c1-15-23-18(13-27(14-29-23)12-16-5-7-26-8-6-16)11-20-22(28)21(30-24(15)20)10-17-3-2-4-19(25)9-17/h2-11H,12-14H2,1H3/b21-10-. The summed E-state index contributed by atoms with van der Waals surface area (Å²) in [6.07, 6.45) is 5.36. The highest BCUT2D eigenvalue weighted by Crippen LogP contribution is 2.43. The van der Waals surface area contributed by atoms with Crippen LogP contribution in [0.5, 0.6) is 11.5 Å². The van der Waals surface area contributed by atoms with Gasteiger partial charge in [0.05, 0.1) is 5.56 Å². The fourth-order valence-corrected chi connectivity index (χ4v) is 4.31. The lowest BCUT2D eigenvalue weighted by atomic mass is 10.00. The first-order chi connectivity index (χ1) is 14.6. The summed E-state index contributed by atoms with van der Waals surface area (Å²) in [6, 6.07) is 13.7. The highest BCUT2D eigenvalue weighted by atomic mass is 79.9. The van der Waals surface area contributed by atoms with Crippen molar-refractivity contribution in [3.8, 4) is 11.5 Å². The fraction of sp³-hybridized carbons (Fsp3) is 0.167. The number of carbonyl (C=O) groups is 1. The van der Waals surface area contributed by atoms with E-state index in [2.05, 4.69) is 25.8 Å². The van der Waals surface area contributed by atoms with Crippen LogP contribution in [-0.2, 0) is 13.1 Å². The minimum atomic E-state index is -0.0952. The van der Waals surface area contributed by atoms with Gasteiger partial charge in [0.1, 0.15) is 18.2 Å². The molecule has 0 atom stereocenters. The molecule has 3 heterocycles. The monoisotopic (exact) mass is 462 g/mol. The van der Waals surface area contributed by atoms with Crippen LogP contribution in [0.3, 0.4) is 0 Å². The van der Waals surface area contributed by atoms with Crippen LogP contribution in [0, 0.1) is 6.92 Å². The number of pyridine rings is 1. The predicted octanol–water partition coefficient (Wildman–Crippen LogP) is 5.12. The SMILES string of the molecule is Cc1c2c(cc3c1O/C(=C\c1cccc(Br)c1)C3=O)CN(Cc1ccncc1)CO2. The van der Waals surface area contributed by atoms with Crippen molar-refractivity contribution in [2.24, 2.45) is 0 Å². The van der Waals surface area contributed by atoms with Gasteiger partial charge in [0.15, 0.2) is 5.76 Å². The van der Waals surface area contributed by atoms with Crippen LogP contribution in [0.25, 0.3) is 6.08 Å². The van der Waals surface area contributed by atoms with E-state index in [0.717, 1.165) is 33.5 Å². The van der Waals surface area contributed by atoms with Gasteiger partial charge < -0.3 is 9.47 Å². The Balaban J connectivity index is 1.44. The quantitative estimate of drug-likeness (QED) is 0.505. The summed E-state index contributed by atoms with van der Waals surface area (Å²) < 4.78 is 13.0. The Morgan fingerprint density at radius 2 is 2.00 bits per heavy atom. The molecule has 30 heavy (non-hydrogen) atoms. The molecule has 0 N–H and O–H groups in total. The Bertz CT molecular complexity index is 1170. The average molecular weight is 463 g/mol. The van der Waals surface area contributed by atoms with Gasteiger partial charge in [0.25, 0.3) is 0 Å². The number of halogens is 1. The van der Waals surface area contributed by atoms with E-state index in [1.165, 1.54) is 5.56 Å². The second-order valence-corrected chi connectivity index (χ2v) is 8.39.